The number of nitrogens with two attached hydrogens (primary N) is 1. The van der Waals surface area contributed by atoms with E-state index < -0.39 is 0 Å². The minimum absolute atomic E-state index is 0.240. The number of rotatable bonds is 5. The number of hydrogen-bond acceptors (Lipinski definition) is 3. The number of nitrogens with zero attached hydrogens (tertiary/aromatic N) is 1. The Kier molecular flexibility index (Phi) is 4.35. The van der Waals surface area contributed by atoms with Gasteiger partial charge in [0, 0.05) is 13.1 Å². The summed E-state index contributed by atoms with van der Waals surface area (Å²) in [6.07, 6.45) is 4.91. The second-order valence-electron chi connectivity index (χ2n) is 4.96. The van der Waals surface area contributed by atoms with Gasteiger partial charge in [0.25, 0.3) is 0 Å². The van der Waals surface area contributed by atoms with Crippen molar-refractivity contribution >= 4 is 0 Å². The number of hydrogen-bond donors (Lipinski definition) is 2. The number of likely N-dealkylation sites (N-methyl/N-ethyl adjacent to an activating group) is 1. The third kappa shape index (κ3) is 3.23. The lowest BCUT2D eigenvalue weighted by Gasteiger charge is -2.32. The minimum Gasteiger partial charge on any atom is -0.392 e. The normalized spacial score (nSPS) is 22.9. The smallest absolute Gasteiger partial charge is 0.0638 e. The maximum absolute atomic E-state index is 9.28. The summed E-state index contributed by atoms with van der Waals surface area (Å²) in [5.41, 5.74) is 6.20. The predicted molar refractivity (Wildman–Crippen MR) is 59.1 cm³/mol. The summed E-state index contributed by atoms with van der Waals surface area (Å²) in [6.45, 7) is 4.41. The standard InChI is InChI=1S/C11H24N2O/c1-10(14)7-13(2)9-11(8-12)5-3-4-6-11/h10,14H,3-9,12H2,1-2H3. The van der Waals surface area contributed by atoms with Crippen LogP contribution >= 0.6 is 0 Å². The van der Waals surface area contributed by atoms with Crippen LogP contribution in [0.2, 0.25) is 0 Å². The molecule has 0 radical (unpaired) electrons. The van der Waals surface area contributed by atoms with Crippen molar-refractivity contribution < 1.29 is 5.11 Å². The molecule has 1 fully saturated rings. The van der Waals surface area contributed by atoms with Crippen molar-refractivity contribution in [2.45, 2.75) is 38.7 Å². The molecule has 1 atom stereocenters. The Balaban J connectivity index is 2.39. The Morgan fingerprint density at radius 2 is 2.00 bits per heavy atom. The zero-order valence-corrected chi connectivity index (χ0v) is 9.50. The minimum atomic E-state index is -0.240. The molecule has 0 saturated heterocycles. The summed E-state index contributed by atoms with van der Waals surface area (Å²) in [4.78, 5) is 2.21. The molecule has 0 aliphatic heterocycles. The molecule has 0 spiro atoms. The van der Waals surface area contributed by atoms with E-state index in [4.69, 9.17) is 5.73 Å². The Hall–Kier alpha value is -0.120. The number of aliphatic hydroxyl groups excluding tert-OH is 1. The van der Waals surface area contributed by atoms with Crippen molar-refractivity contribution in [3.8, 4) is 0 Å². The van der Waals surface area contributed by atoms with Crippen molar-refractivity contribution in [1.82, 2.24) is 4.90 Å². The van der Waals surface area contributed by atoms with Gasteiger partial charge in [-0.3, -0.25) is 0 Å². The van der Waals surface area contributed by atoms with Crippen LogP contribution in [0.5, 0.6) is 0 Å². The molecule has 84 valence electrons. The van der Waals surface area contributed by atoms with Crippen molar-refractivity contribution in [2.24, 2.45) is 11.1 Å². The van der Waals surface area contributed by atoms with Crippen molar-refractivity contribution in [3.05, 3.63) is 0 Å². The molecule has 3 heteroatoms. The lowest BCUT2D eigenvalue weighted by Crippen LogP contribution is -2.41. The Morgan fingerprint density at radius 3 is 2.43 bits per heavy atom. The molecular formula is C11H24N2O. The first kappa shape index (κ1) is 12.0. The molecule has 14 heavy (non-hydrogen) atoms. The average Bonchev–Trinajstić information content (AvgIpc) is 2.52. The van der Waals surface area contributed by atoms with E-state index in [2.05, 4.69) is 11.9 Å². The molecule has 0 aromatic rings. The third-order valence-corrected chi connectivity index (χ3v) is 3.28. The Labute approximate surface area is 87.3 Å². The highest BCUT2D eigenvalue weighted by atomic mass is 16.3. The summed E-state index contributed by atoms with van der Waals surface area (Å²) in [7, 11) is 2.07. The first-order chi connectivity index (χ1) is 6.58. The number of aliphatic hydroxyl groups is 1. The molecule has 0 aromatic carbocycles. The van der Waals surface area contributed by atoms with Gasteiger partial charge in [0.05, 0.1) is 6.10 Å². The summed E-state index contributed by atoms with van der Waals surface area (Å²) < 4.78 is 0. The van der Waals surface area contributed by atoms with Crippen LogP contribution in [0, 0.1) is 5.41 Å². The molecule has 0 aromatic heterocycles. The Bertz CT molecular complexity index is 165. The molecule has 3 N–H and O–H groups in total. The largest absolute Gasteiger partial charge is 0.392 e. The molecule has 1 aliphatic rings. The highest BCUT2D eigenvalue weighted by molar-refractivity contribution is 4.88. The zero-order chi connectivity index (χ0) is 10.6. The molecule has 0 bridgehead atoms. The summed E-state index contributed by atoms with van der Waals surface area (Å²) in [5.74, 6) is 0. The second-order valence-corrected chi connectivity index (χ2v) is 4.96. The van der Waals surface area contributed by atoms with Gasteiger partial charge in [0.15, 0.2) is 0 Å². The SMILES string of the molecule is CC(O)CN(C)CC1(CN)CCCC1. The van der Waals surface area contributed by atoms with Crippen molar-refractivity contribution in [1.29, 1.82) is 0 Å². The highest BCUT2D eigenvalue weighted by Gasteiger charge is 2.33. The van der Waals surface area contributed by atoms with Crippen LogP contribution in [0.3, 0.4) is 0 Å². The first-order valence-electron chi connectivity index (χ1n) is 5.65. The van der Waals surface area contributed by atoms with E-state index in [0.29, 0.717) is 5.41 Å². The first-order valence-corrected chi connectivity index (χ1v) is 5.65. The van der Waals surface area contributed by atoms with Crippen LogP contribution in [0.15, 0.2) is 0 Å². The fraction of sp³-hybridized carbons (Fsp3) is 1.00. The van der Waals surface area contributed by atoms with E-state index >= 15 is 0 Å². The van der Waals surface area contributed by atoms with Crippen LogP contribution in [0.1, 0.15) is 32.6 Å². The lowest BCUT2D eigenvalue weighted by molar-refractivity contribution is 0.109. The van der Waals surface area contributed by atoms with Crippen LogP contribution in [-0.4, -0.2) is 42.8 Å². The topological polar surface area (TPSA) is 49.5 Å². The monoisotopic (exact) mass is 200 g/mol. The van der Waals surface area contributed by atoms with Gasteiger partial charge in [-0.2, -0.15) is 0 Å². The molecule has 1 rings (SSSR count). The van der Waals surface area contributed by atoms with E-state index in [0.717, 1.165) is 19.6 Å². The van der Waals surface area contributed by atoms with Gasteiger partial charge in [0.1, 0.15) is 0 Å². The van der Waals surface area contributed by atoms with E-state index in [1.54, 1.807) is 0 Å². The maximum atomic E-state index is 9.28. The molecule has 0 amide bonds. The maximum Gasteiger partial charge on any atom is 0.0638 e. The van der Waals surface area contributed by atoms with Crippen LogP contribution in [-0.2, 0) is 0 Å². The summed E-state index contributed by atoms with van der Waals surface area (Å²) in [5, 5.41) is 9.28. The summed E-state index contributed by atoms with van der Waals surface area (Å²) in [6, 6.07) is 0. The summed E-state index contributed by atoms with van der Waals surface area (Å²) >= 11 is 0. The molecule has 1 unspecified atom stereocenters. The average molecular weight is 200 g/mol. The second kappa shape index (κ2) is 5.10. The van der Waals surface area contributed by atoms with E-state index in [1.165, 1.54) is 25.7 Å². The molecule has 3 nitrogen and oxygen atoms in total. The van der Waals surface area contributed by atoms with Gasteiger partial charge in [-0.1, -0.05) is 12.8 Å². The molecule has 1 aliphatic carbocycles. The zero-order valence-electron chi connectivity index (χ0n) is 9.50. The third-order valence-electron chi connectivity index (χ3n) is 3.28. The quantitative estimate of drug-likeness (QED) is 0.691. The van der Waals surface area contributed by atoms with Crippen LogP contribution < -0.4 is 5.73 Å². The van der Waals surface area contributed by atoms with E-state index in [-0.39, 0.29) is 6.10 Å². The Morgan fingerprint density at radius 1 is 1.43 bits per heavy atom. The molecule has 0 heterocycles. The van der Waals surface area contributed by atoms with Crippen LogP contribution in [0.4, 0.5) is 0 Å². The molecule has 1 saturated carbocycles. The lowest BCUT2D eigenvalue weighted by atomic mass is 9.86. The van der Waals surface area contributed by atoms with Crippen LogP contribution in [0.25, 0.3) is 0 Å². The fourth-order valence-corrected chi connectivity index (χ4v) is 2.64. The molecular weight excluding hydrogens is 176 g/mol. The van der Waals surface area contributed by atoms with Gasteiger partial charge in [-0.15, -0.1) is 0 Å². The van der Waals surface area contributed by atoms with Crippen molar-refractivity contribution in [2.75, 3.05) is 26.7 Å². The van der Waals surface area contributed by atoms with Gasteiger partial charge >= 0.3 is 0 Å². The van der Waals surface area contributed by atoms with E-state index in [1.807, 2.05) is 6.92 Å². The van der Waals surface area contributed by atoms with Gasteiger partial charge in [-0.05, 0) is 38.8 Å². The highest BCUT2D eigenvalue weighted by Crippen LogP contribution is 2.37. The van der Waals surface area contributed by atoms with Crippen molar-refractivity contribution in [3.63, 3.8) is 0 Å². The predicted octanol–water partition coefficient (Wildman–Crippen LogP) is 0.818. The fourth-order valence-electron chi connectivity index (χ4n) is 2.64. The van der Waals surface area contributed by atoms with E-state index in [9.17, 15) is 5.11 Å². The van der Waals surface area contributed by atoms with Gasteiger partial charge in [-0.25, -0.2) is 0 Å². The van der Waals surface area contributed by atoms with Gasteiger partial charge < -0.3 is 15.7 Å². The van der Waals surface area contributed by atoms with Gasteiger partial charge in [0.2, 0.25) is 0 Å².